The lowest BCUT2D eigenvalue weighted by Crippen LogP contribution is -2.45. The van der Waals surface area contributed by atoms with Crippen LogP contribution in [-0.4, -0.2) is 26.7 Å². The Balaban J connectivity index is 2.13. The Kier molecular flexibility index (Phi) is 3.52. The molecule has 3 N–H and O–H groups in total. The first-order valence-corrected chi connectivity index (χ1v) is 6.42. The van der Waals surface area contributed by atoms with Gasteiger partial charge in [-0.05, 0) is 31.4 Å². The Labute approximate surface area is 107 Å². The molecular weight excluding hydrogens is 226 g/mol. The number of nitrogens with one attached hydrogen (secondary N) is 1. The number of fused-ring (bicyclic) bond motifs is 1. The summed E-state index contributed by atoms with van der Waals surface area (Å²) in [5.74, 6) is 0.636. The molecule has 0 aromatic carbocycles. The molecule has 2 aromatic rings. The zero-order valence-corrected chi connectivity index (χ0v) is 11.3. The van der Waals surface area contributed by atoms with Crippen molar-refractivity contribution in [2.24, 2.45) is 5.73 Å². The molecular formula is C13H21N5. The van der Waals surface area contributed by atoms with Gasteiger partial charge in [-0.3, -0.25) is 0 Å². The SMILES string of the molecule is CCC(N)(CC)CNc1nc2ccc(C)cn2n1. The van der Waals surface area contributed by atoms with Gasteiger partial charge in [0.2, 0.25) is 5.95 Å². The van der Waals surface area contributed by atoms with Gasteiger partial charge in [-0.2, -0.15) is 4.98 Å². The standard InChI is InChI=1S/C13H21N5/c1-4-13(14,5-2)9-15-12-16-11-7-6-10(3)8-18(11)17-12/h6-8H,4-5,9,14H2,1-3H3,(H,15,17). The lowest BCUT2D eigenvalue weighted by molar-refractivity contribution is 0.417. The van der Waals surface area contributed by atoms with Crippen LogP contribution in [-0.2, 0) is 0 Å². The fraction of sp³-hybridized carbons (Fsp3) is 0.538. The largest absolute Gasteiger partial charge is 0.351 e. The maximum Gasteiger partial charge on any atom is 0.243 e. The normalized spacial score (nSPS) is 12.0. The molecule has 18 heavy (non-hydrogen) atoms. The average molecular weight is 247 g/mol. The van der Waals surface area contributed by atoms with Crippen LogP contribution in [0.25, 0.3) is 5.65 Å². The van der Waals surface area contributed by atoms with Crippen LogP contribution in [0, 0.1) is 6.92 Å². The predicted octanol–water partition coefficient (Wildman–Crippen LogP) is 1.97. The van der Waals surface area contributed by atoms with E-state index in [4.69, 9.17) is 5.73 Å². The summed E-state index contributed by atoms with van der Waals surface area (Å²) in [7, 11) is 0. The van der Waals surface area contributed by atoms with Crippen LogP contribution in [0.3, 0.4) is 0 Å². The molecule has 0 aliphatic carbocycles. The number of aryl methyl sites for hydroxylation is 1. The Morgan fingerprint density at radius 2 is 2.06 bits per heavy atom. The van der Waals surface area contributed by atoms with Crippen LogP contribution in [0.15, 0.2) is 18.3 Å². The number of hydrogen-bond acceptors (Lipinski definition) is 4. The fourth-order valence-electron chi connectivity index (χ4n) is 1.82. The average Bonchev–Trinajstić information content (AvgIpc) is 2.78. The second-order valence-corrected chi connectivity index (χ2v) is 4.87. The first-order chi connectivity index (χ1) is 8.56. The molecule has 0 fully saturated rings. The fourth-order valence-corrected chi connectivity index (χ4v) is 1.82. The highest BCUT2D eigenvalue weighted by molar-refractivity contribution is 5.44. The van der Waals surface area contributed by atoms with Crippen molar-refractivity contribution in [3.05, 3.63) is 23.9 Å². The van der Waals surface area contributed by atoms with Crippen molar-refractivity contribution in [3.8, 4) is 0 Å². The summed E-state index contributed by atoms with van der Waals surface area (Å²) in [6.45, 7) is 6.93. The molecule has 0 aliphatic heterocycles. The highest BCUT2D eigenvalue weighted by Gasteiger charge is 2.20. The minimum atomic E-state index is -0.187. The zero-order chi connectivity index (χ0) is 13.2. The Hall–Kier alpha value is -1.62. The van der Waals surface area contributed by atoms with Gasteiger partial charge in [-0.1, -0.05) is 19.9 Å². The number of anilines is 1. The smallest absolute Gasteiger partial charge is 0.243 e. The third-order valence-corrected chi connectivity index (χ3v) is 3.49. The lowest BCUT2D eigenvalue weighted by atomic mass is 9.94. The van der Waals surface area contributed by atoms with Crippen molar-refractivity contribution in [2.45, 2.75) is 39.2 Å². The van der Waals surface area contributed by atoms with E-state index in [1.165, 1.54) is 0 Å². The second-order valence-electron chi connectivity index (χ2n) is 4.87. The van der Waals surface area contributed by atoms with E-state index in [1.807, 2.05) is 25.3 Å². The van der Waals surface area contributed by atoms with E-state index in [9.17, 15) is 0 Å². The Morgan fingerprint density at radius 1 is 1.33 bits per heavy atom. The molecule has 0 spiro atoms. The van der Waals surface area contributed by atoms with Gasteiger partial charge in [0.05, 0.1) is 0 Å². The molecule has 98 valence electrons. The van der Waals surface area contributed by atoms with Gasteiger partial charge in [0.15, 0.2) is 5.65 Å². The summed E-state index contributed by atoms with van der Waals surface area (Å²) < 4.78 is 1.79. The molecule has 0 saturated heterocycles. The van der Waals surface area contributed by atoms with Crippen molar-refractivity contribution in [2.75, 3.05) is 11.9 Å². The molecule has 2 rings (SSSR count). The molecule has 5 heteroatoms. The quantitative estimate of drug-likeness (QED) is 0.847. The molecule has 2 heterocycles. The monoisotopic (exact) mass is 247 g/mol. The summed E-state index contributed by atoms with van der Waals surface area (Å²) in [6.07, 6.45) is 3.83. The molecule has 0 bridgehead atoms. The number of nitrogens with two attached hydrogens (primary N) is 1. The minimum Gasteiger partial charge on any atom is -0.351 e. The Morgan fingerprint density at radius 3 is 2.72 bits per heavy atom. The van der Waals surface area contributed by atoms with E-state index in [1.54, 1.807) is 4.52 Å². The van der Waals surface area contributed by atoms with E-state index in [0.29, 0.717) is 12.5 Å². The topological polar surface area (TPSA) is 68.2 Å². The number of hydrogen-bond donors (Lipinski definition) is 2. The van der Waals surface area contributed by atoms with Crippen LogP contribution in [0.1, 0.15) is 32.3 Å². The van der Waals surface area contributed by atoms with Gasteiger partial charge in [0, 0.05) is 18.3 Å². The highest BCUT2D eigenvalue weighted by Crippen LogP contribution is 2.13. The molecule has 2 aromatic heterocycles. The second kappa shape index (κ2) is 4.94. The van der Waals surface area contributed by atoms with Crippen LogP contribution in [0.5, 0.6) is 0 Å². The summed E-state index contributed by atoms with van der Waals surface area (Å²) in [4.78, 5) is 4.41. The maximum atomic E-state index is 6.24. The van der Waals surface area contributed by atoms with Crippen molar-refractivity contribution in [3.63, 3.8) is 0 Å². The first-order valence-electron chi connectivity index (χ1n) is 6.42. The minimum absolute atomic E-state index is 0.187. The molecule has 5 nitrogen and oxygen atoms in total. The van der Waals surface area contributed by atoms with Gasteiger partial charge in [-0.25, -0.2) is 4.52 Å². The third kappa shape index (κ3) is 2.61. The van der Waals surface area contributed by atoms with Crippen LogP contribution in [0.4, 0.5) is 5.95 Å². The van der Waals surface area contributed by atoms with Crippen LogP contribution >= 0.6 is 0 Å². The molecule has 0 amide bonds. The van der Waals surface area contributed by atoms with Gasteiger partial charge >= 0.3 is 0 Å². The number of rotatable bonds is 5. The third-order valence-electron chi connectivity index (χ3n) is 3.49. The Bertz CT molecular complexity index is 527. The van der Waals surface area contributed by atoms with E-state index in [2.05, 4.69) is 29.2 Å². The molecule has 0 saturated carbocycles. The van der Waals surface area contributed by atoms with E-state index in [0.717, 1.165) is 24.1 Å². The van der Waals surface area contributed by atoms with E-state index in [-0.39, 0.29) is 5.54 Å². The molecule has 0 aliphatic rings. The van der Waals surface area contributed by atoms with E-state index >= 15 is 0 Å². The van der Waals surface area contributed by atoms with Gasteiger partial charge in [0.25, 0.3) is 0 Å². The molecule has 0 atom stereocenters. The van der Waals surface area contributed by atoms with Gasteiger partial charge in [-0.15, -0.1) is 5.10 Å². The number of nitrogens with zero attached hydrogens (tertiary/aromatic N) is 3. The van der Waals surface area contributed by atoms with Crippen molar-refractivity contribution in [1.82, 2.24) is 14.6 Å². The summed E-state index contributed by atoms with van der Waals surface area (Å²) >= 11 is 0. The highest BCUT2D eigenvalue weighted by atomic mass is 15.3. The van der Waals surface area contributed by atoms with Crippen molar-refractivity contribution < 1.29 is 0 Å². The van der Waals surface area contributed by atoms with Crippen LogP contribution in [0.2, 0.25) is 0 Å². The lowest BCUT2D eigenvalue weighted by Gasteiger charge is -2.26. The zero-order valence-electron chi connectivity index (χ0n) is 11.3. The van der Waals surface area contributed by atoms with Gasteiger partial charge < -0.3 is 11.1 Å². The van der Waals surface area contributed by atoms with Crippen LogP contribution < -0.4 is 11.1 Å². The number of aromatic nitrogens is 3. The number of pyridine rings is 1. The summed E-state index contributed by atoms with van der Waals surface area (Å²) in [5.41, 5.74) is 8.06. The predicted molar refractivity (Wildman–Crippen MR) is 73.7 cm³/mol. The molecule has 0 unspecified atom stereocenters. The summed E-state index contributed by atoms with van der Waals surface area (Å²) in [5, 5.41) is 7.61. The summed E-state index contributed by atoms with van der Waals surface area (Å²) in [6, 6.07) is 3.99. The van der Waals surface area contributed by atoms with Gasteiger partial charge in [0.1, 0.15) is 0 Å². The van der Waals surface area contributed by atoms with Crippen molar-refractivity contribution in [1.29, 1.82) is 0 Å². The first kappa shape index (κ1) is 12.8. The maximum absolute atomic E-state index is 6.24. The van der Waals surface area contributed by atoms with E-state index < -0.39 is 0 Å². The van der Waals surface area contributed by atoms with Crippen molar-refractivity contribution >= 4 is 11.6 Å². The molecule has 0 radical (unpaired) electrons.